The molecule has 0 aromatic heterocycles. The van der Waals surface area contributed by atoms with Gasteiger partial charge in [-0.1, -0.05) is 12.1 Å². The first-order valence-electron chi connectivity index (χ1n) is 10.3. The SMILES string of the molecule is NCC12CCC(NCc3cccc4c3C(=O)N(C3CCC(=O)NC3=O)C4=O)(CO1)C2. The number of fused-ring (bicyclic) bond motifs is 3. The highest BCUT2D eigenvalue weighted by Gasteiger charge is 2.55. The molecule has 9 nitrogen and oxygen atoms in total. The summed E-state index contributed by atoms with van der Waals surface area (Å²) in [6.45, 7) is 1.48. The fourth-order valence-corrected chi connectivity index (χ4v) is 5.25. The van der Waals surface area contributed by atoms with Crippen LogP contribution in [0.1, 0.15) is 58.4 Å². The lowest BCUT2D eigenvalue weighted by atomic mass is 9.96. The summed E-state index contributed by atoms with van der Waals surface area (Å²) in [5.74, 6) is -1.96. The van der Waals surface area contributed by atoms with Crippen LogP contribution in [-0.2, 0) is 20.9 Å². The van der Waals surface area contributed by atoms with Gasteiger partial charge in [0.05, 0.1) is 23.3 Å². The van der Waals surface area contributed by atoms with Crippen LogP contribution in [0.5, 0.6) is 0 Å². The van der Waals surface area contributed by atoms with Crippen LogP contribution < -0.4 is 16.4 Å². The maximum Gasteiger partial charge on any atom is 0.262 e. The molecule has 1 aromatic rings. The number of amides is 4. The number of hydrogen-bond donors (Lipinski definition) is 3. The van der Waals surface area contributed by atoms with Crippen LogP contribution in [0.25, 0.3) is 0 Å². The summed E-state index contributed by atoms with van der Waals surface area (Å²) in [7, 11) is 0. The smallest absolute Gasteiger partial charge is 0.262 e. The third-order valence-electron chi connectivity index (χ3n) is 6.95. The minimum atomic E-state index is -0.960. The standard InChI is InChI=1S/C21H24N4O5/c22-10-21-7-6-20(9-21,11-30-21)23-8-12-2-1-3-13-16(12)19(29)25(18(13)28)14-4-5-15(26)24-17(14)27/h1-3,14,23H,4-11,22H2,(H,24,26,27). The Morgan fingerprint density at radius 1 is 1.20 bits per heavy atom. The van der Waals surface area contributed by atoms with Gasteiger partial charge >= 0.3 is 0 Å². The number of nitrogens with two attached hydrogens (primary N) is 1. The molecular weight excluding hydrogens is 388 g/mol. The molecule has 1 aromatic carbocycles. The van der Waals surface area contributed by atoms with Crippen molar-refractivity contribution in [1.82, 2.24) is 15.5 Å². The van der Waals surface area contributed by atoms with Gasteiger partial charge in [-0.05, 0) is 37.3 Å². The molecule has 9 heteroatoms. The molecular formula is C21H24N4O5. The predicted molar refractivity (Wildman–Crippen MR) is 104 cm³/mol. The Labute approximate surface area is 173 Å². The number of hydrogen-bond acceptors (Lipinski definition) is 7. The summed E-state index contributed by atoms with van der Waals surface area (Å²) < 4.78 is 5.94. The van der Waals surface area contributed by atoms with Gasteiger partial charge in [-0.2, -0.15) is 0 Å². The Morgan fingerprint density at radius 3 is 2.70 bits per heavy atom. The molecule has 5 rings (SSSR count). The summed E-state index contributed by atoms with van der Waals surface area (Å²) in [4.78, 5) is 50.8. The zero-order chi connectivity index (χ0) is 21.1. The van der Waals surface area contributed by atoms with Crippen LogP contribution in [0.4, 0.5) is 0 Å². The molecule has 4 amide bonds. The highest BCUT2D eigenvalue weighted by molar-refractivity contribution is 6.24. The fourth-order valence-electron chi connectivity index (χ4n) is 5.25. The summed E-state index contributed by atoms with van der Waals surface area (Å²) in [6, 6.07) is 4.22. The van der Waals surface area contributed by atoms with Crippen LogP contribution >= 0.6 is 0 Å². The normalized spacial score (nSPS) is 32.7. The lowest BCUT2D eigenvalue weighted by Crippen LogP contribution is -2.54. The van der Waals surface area contributed by atoms with Crippen molar-refractivity contribution >= 4 is 23.6 Å². The molecule has 158 valence electrons. The molecule has 4 aliphatic rings. The van der Waals surface area contributed by atoms with E-state index in [1.807, 2.05) is 6.07 Å². The van der Waals surface area contributed by atoms with Crippen molar-refractivity contribution in [1.29, 1.82) is 0 Å². The van der Waals surface area contributed by atoms with Crippen LogP contribution in [-0.4, -0.2) is 58.9 Å². The lowest BCUT2D eigenvalue weighted by Gasteiger charge is -2.29. The van der Waals surface area contributed by atoms with E-state index in [2.05, 4.69) is 10.6 Å². The molecule has 0 radical (unpaired) electrons. The minimum absolute atomic E-state index is 0.101. The maximum atomic E-state index is 13.2. The molecule has 1 aliphatic carbocycles. The second-order valence-corrected chi connectivity index (χ2v) is 8.77. The van der Waals surface area contributed by atoms with Crippen molar-refractivity contribution < 1.29 is 23.9 Å². The van der Waals surface area contributed by atoms with Crippen molar-refractivity contribution in [2.75, 3.05) is 13.2 Å². The van der Waals surface area contributed by atoms with Gasteiger partial charge in [-0.15, -0.1) is 0 Å². The van der Waals surface area contributed by atoms with Gasteiger partial charge in [0.25, 0.3) is 11.8 Å². The predicted octanol–water partition coefficient (Wildman–Crippen LogP) is -0.172. The number of carbonyl (C=O) groups is 4. The van der Waals surface area contributed by atoms with E-state index >= 15 is 0 Å². The van der Waals surface area contributed by atoms with Gasteiger partial charge in [0.15, 0.2) is 0 Å². The summed E-state index contributed by atoms with van der Waals surface area (Å²) in [5, 5.41) is 5.77. The molecule has 1 saturated carbocycles. The van der Waals surface area contributed by atoms with Crippen molar-refractivity contribution in [3.8, 4) is 0 Å². The van der Waals surface area contributed by atoms with Gasteiger partial charge in [-0.25, -0.2) is 0 Å². The molecule has 4 N–H and O–H groups in total. The van der Waals surface area contributed by atoms with Gasteiger partial charge in [0.1, 0.15) is 6.04 Å². The first-order valence-corrected chi connectivity index (χ1v) is 10.3. The van der Waals surface area contributed by atoms with E-state index in [9.17, 15) is 19.2 Å². The zero-order valence-electron chi connectivity index (χ0n) is 16.5. The minimum Gasteiger partial charge on any atom is -0.372 e. The number of imide groups is 2. The number of carbonyl (C=O) groups excluding carboxylic acids is 4. The van der Waals surface area contributed by atoms with Gasteiger partial charge in [0, 0.05) is 25.0 Å². The molecule has 3 fully saturated rings. The molecule has 3 aliphatic heterocycles. The van der Waals surface area contributed by atoms with Crippen LogP contribution in [0.2, 0.25) is 0 Å². The van der Waals surface area contributed by atoms with E-state index in [1.54, 1.807) is 12.1 Å². The van der Waals surface area contributed by atoms with Gasteiger partial charge in [-0.3, -0.25) is 29.4 Å². The topological polar surface area (TPSA) is 131 Å². The second kappa shape index (κ2) is 6.69. The van der Waals surface area contributed by atoms with E-state index in [0.717, 1.165) is 24.2 Å². The molecule has 2 saturated heterocycles. The van der Waals surface area contributed by atoms with Crippen molar-refractivity contribution in [3.63, 3.8) is 0 Å². The van der Waals surface area contributed by atoms with Crippen molar-refractivity contribution in [2.45, 2.75) is 55.8 Å². The summed E-state index contributed by atoms with van der Waals surface area (Å²) in [6.07, 6.45) is 2.94. The lowest BCUT2D eigenvalue weighted by molar-refractivity contribution is -0.136. The van der Waals surface area contributed by atoms with Crippen LogP contribution in [0.15, 0.2) is 18.2 Å². The maximum absolute atomic E-state index is 13.2. The molecule has 2 bridgehead atoms. The second-order valence-electron chi connectivity index (χ2n) is 8.77. The Kier molecular flexibility index (Phi) is 4.32. The van der Waals surface area contributed by atoms with E-state index in [-0.39, 0.29) is 29.9 Å². The Balaban J connectivity index is 1.38. The number of ether oxygens (including phenoxy) is 1. The number of benzene rings is 1. The summed E-state index contributed by atoms with van der Waals surface area (Å²) in [5.41, 5.74) is 6.82. The number of piperidine rings is 1. The van der Waals surface area contributed by atoms with Crippen molar-refractivity contribution in [3.05, 3.63) is 34.9 Å². The van der Waals surface area contributed by atoms with E-state index in [1.165, 1.54) is 0 Å². The third-order valence-corrected chi connectivity index (χ3v) is 6.95. The highest BCUT2D eigenvalue weighted by Crippen LogP contribution is 2.46. The monoisotopic (exact) mass is 412 g/mol. The van der Waals surface area contributed by atoms with E-state index in [4.69, 9.17) is 10.5 Å². The summed E-state index contributed by atoms with van der Waals surface area (Å²) >= 11 is 0. The quantitative estimate of drug-likeness (QED) is 0.572. The van der Waals surface area contributed by atoms with Crippen LogP contribution in [0.3, 0.4) is 0 Å². The van der Waals surface area contributed by atoms with Crippen LogP contribution in [0, 0.1) is 0 Å². The molecule has 3 unspecified atom stereocenters. The number of nitrogens with one attached hydrogen (secondary N) is 2. The average Bonchev–Trinajstić information content (AvgIpc) is 3.38. The number of nitrogens with zero attached hydrogens (tertiary/aromatic N) is 1. The average molecular weight is 412 g/mol. The third kappa shape index (κ3) is 2.80. The Hall–Kier alpha value is -2.62. The first kappa shape index (κ1) is 19.3. The molecule has 3 atom stereocenters. The molecule has 3 heterocycles. The molecule has 30 heavy (non-hydrogen) atoms. The van der Waals surface area contributed by atoms with Crippen molar-refractivity contribution in [2.24, 2.45) is 5.73 Å². The fraction of sp³-hybridized carbons (Fsp3) is 0.524. The number of rotatable bonds is 5. The molecule has 0 spiro atoms. The van der Waals surface area contributed by atoms with Gasteiger partial charge < -0.3 is 15.8 Å². The van der Waals surface area contributed by atoms with E-state index < -0.39 is 23.8 Å². The first-order chi connectivity index (χ1) is 14.4. The largest absolute Gasteiger partial charge is 0.372 e. The highest BCUT2D eigenvalue weighted by atomic mass is 16.5. The van der Waals surface area contributed by atoms with Gasteiger partial charge in [0.2, 0.25) is 11.8 Å². The Bertz CT molecular complexity index is 966. The Morgan fingerprint density at radius 2 is 2.03 bits per heavy atom. The zero-order valence-corrected chi connectivity index (χ0v) is 16.5. The van der Waals surface area contributed by atoms with E-state index in [0.29, 0.717) is 36.4 Å².